The van der Waals surface area contributed by atoms with E-state index < -0.39 is 17.9 Å². The van der Waals surface area contributed by atoms with Crippen LogP contribution in [-0.4, -0.2) is 49.0 Å². The molecule has 2 aromatic carbocycles. The van der Waals surface area contributed by atoms with Gasteiger partial charge in [0.15, 0.2) is 5.69 Å². The molecule has 0 unspecified atom stereocenters. The molecule has 11 nitrogen and oxygen atoms in total. The Labute approximate surface area is 236 Å². The van der Waals surface area contributed by atoms with E-state index in [0.29, 0.717) is 29.4 Å². The number of primary amides is 1. The highest BCUT2D eigenvalue weighted by atomic mass is 32.1. The maximum Gasteiger partial charge on any atom is 0.273 e. The van der Waals surface area contributed by atoms with E-state index in [1.165, 1.54) is 19.1 Å². The number of amides is 3. The minimum Gasteiger partial charge on any atom is -0.497 e. The molecule has 12 heteroatoms. The average Bonchev–Trinajstić information content (AvgIpc) is 3.61. The lowest BCUT2D eigenvalue weighted by atomic mass is 10.0. The molecule has 5 N–H and O–H groups in total. The number of methoxy groups -OCH3 is 2. The molecule has 40 heavy (non-hydrogen) atoms. The van der Waals surface area contributed by atoms with Crippen LogP contribution in [0.15, 0.2) is 42.5 Å². The molecule has 4 rings (SSSR count). The van der Waals surface area contributed by atoms with Crippen molar-refractivity contribution in [2.24, 2.45) is 5.73 Å². The van der Waals surface area contributed by atoms with Crippen LogP contribution in [-0.2, 0) is 4.79 Å². The average molecular weight is 568 g/mol. The number of rotatable bonds is 11. The molecule has 1 heterocycles. The summed E-state index contributed by atoms with van der Waals surface area (Å²) in [6.45, 7) is 2.35. The molecule has 1 aliphatic rings. The van der Waals surface area contributed by atoms with Crippen molar-refractivity contribution in [3.63, 3.8) is 0 Å². The van der Waals surface area contributed by atoms with E-state index >= 15 is 0 Å². The third-order valence-electron chi connectivity index (χ3n) is 6.74. The van der Waals surface area contributed by atoms with Crippen molar-refractivity contribution in [2.45, 2.75) is 44.7 Å². The number of nitrogens with two attached hydrogens (primary N) is 2. The van der Waals surface area contributed by atoms with Crippen molar-refractivity contribution in [1.82, 2.24) is 9.69 Å². The molecule has 0 aliphatic heterocycles. The van der Waals surface area contributed by atoms with E-state index in [-0.39, 0.29) is 34.0 Å². The predicted octanol–water partition coefficient (Wildman–Crippen LogP) is 3.69. The summed E-state index contributed by atoms with van der Waals surface area (Å²) in [4.78, 5) is 41.5. The SMILES string of the molecule is CCOc1ccc([C@H](C(=O)NC2CCCC2)N(C(=O)c2snc(C(N)=O)c2N)c2ccc(OC)cc2OC)cc1. The van der Waals surface area contributed by atoms with Crippen molar-refractivity contribution in [1.29, 1.82) is 0 Å². The summed E-state index contributed by atoms with van der Waals surface area (Å²) in [6.07, 6.45) is 3.73. The third-order valence-corrected chi connectivity index (χ3v) is 7.59. The van der Waals surface area contributed by atoms with Crippen molar-refractivity contribution >= 4 is 40.6 Å². The first-order valence-corrected chi connectivity index (χ1v) is 13.7. The fraction of sp³-hybridized carbons (Fsp3) is 0.357. The molecule has 0 bridgehead atoms. The summed E-state index contributed by atoms with van der Waals surface area (Å²) in [5.74, 6) is -0.473. The molecule has 1 saturated carbocycles. The number of ether oxygens (including phenoxy) is 3. The summed E-state index contributed by atoms with van der Waals surface area (Å²) in [7, 11) is 2.97. The predicted molar refractivity (Wildman–Crippen MR) is 152 cm³/mol. The molecule has 0 saturated heterocycles. The topological polar surface area (TPSA) is 159 Å². The highest BCUT2D eigenvalue weighted by Crippen LogP contribution is 2.40. The Kier molecular flexibility index (Phi) is 9.10. The first-order chi connectivity index (χ1) is 19.3. The number of nitrogens with one attached hydrogen (secondary N) is 1. The molecular formula is C28H33N5O6S. The van der Waals surface area contributed by atoms with E-state index in [9.17, 15) is 14.4 Å². The minimum absolute atomic E-state index is 0.0117. The van der Waals surface area contributed by atoms with Crippen molar-refractivity contribution in [3.8, 4) is 17.2 Å². The number of benzene rings is 2. The van der Waals surface area contributed by atoms with Crippen LogP contribution in [0.4, 0.5) is 11.4 Å². The fourth-order valence-electron chi connectivity index (χ4n) is 4.77. The van der Waals surface area contributed by atoms with Crippen LogP contribution in [0.2, 0.25) is 0 Å². The Balaban J connectivity index is 1.90. The molecule has 3 amide bonds. The Hall–Kier alpha value is -4.32. The van der Waals surface area contributed by atoms with Gasteiger partial charge < -0.3 is 31.0 Å². The molecule has 1 aliphatic carbocycles. The minimum atomic E-state index is -1.13. The second-order valence-electron chi connectivity index (χ2n) is 9.25. The molecule has 212 valence electrons. The number of carbonyl (C=O) groups is 3. The molecule has 1 atom stereocenters. The molecule has 3 aromatic rings. The Morgan fingerprint density at radius 2 is 1.75 bits per heavy atom. The van der Waals surface area contributed by atoms with Crippen LogP contribution >= 0.6 is 11.5 Å². The monoisotopic (exact) mass is 567 g/mol. The van der Waals surface area contributed by atoms with E-state index in [1.807, 2.05) is 6.92 Å². The van der Waals surface area contributed by atoms with Gasteiger partial charge in [-0.05, 0) is 61.1 Å². The van der Waals surface area contributed by atoms with Crippen LogP contribution in [0.3, 0.4) is 0 Å². The number of hydrogen-bond acceptors (Lipinski definition) is 9. The smallest absolute Gasteiger partial charge is 0.273 e. The Bertz CT molecular complexity index is 1370. The number of aromatic nitrogens is 1. The Morgan fingerprint density at radius 3 is 2.33 bits per heavy atom. The van der Waals surface area contributed by atoms with Crippen LogP contribution in [0.1, 0.15) is 64.4 Å². The van der Waals surface area contributed by atoms with Crippen LogP contribution < -0.4 is 35.9 Å². The quantitative estimate of drug-likeness (QED) is 0.316. The first-order valence-electron chi connectivity index (χ1n) is 12.9. The molecular weight excluding hydrogens is 534 g/mol. The second-order valence-corrected chi connectivity index (χ2v) is 10.0. The zero-order valence-corrected chi connectivity index (χ0v) is 23.5. The fourth-order valence-corrected chi connectivity index (χ4v) is 5.51. The van der Waals surface area contributed by atoms with Gasteiger partial charge in [-0.3, -0.25) is 19.3 Å². The zero-order chi connectivity index (χ0) is 28.8. The van der Waals surface area contributed by atoms with E-state index in [4.69, 9.17) is 25.7 Å². The van der Waals surface area contributed by atoms with Gasteiger partial charge in [0.05, 0.1) is 32.2 Å². The first kappa shape index (κ1) is 28.7. The molecule has 1 fully saturated rings. The maximum atomic E-state index is 14.3. The highest BCUT2D eigenvalue weighted by molar-refractivity contribution is 7.09. The van der Waals surface area contributed by atoms with Crippen molar-refractivity contribution < 1.29 is 28.6 Å². The standard InChI is InChI=1S/C28H33N5O6S/c1-4-39-18-11-9-16(10-12-18)24(27(35)31-17-7-5-6-8-17)33(20-14-13-19(37-2)15-21(20)38-3)28(36)25-22(29)23(26(30)34)32-40-25/h9-15,17,24H,4-8,29H2,1-3H3,(H2,30,34)(H,31,35)/t24-/m1/s1. The largest absolute Gasteiger partial charge is 0.497 e. The summed E-state index contributed by atoms with van der Waals surface area (Å²) in [5.41, 5.74) is 12.0. The van der Waals surface area contributed by atoms with Gasteiger partial charge in [-0.15, -0.1) is 0 Å². The molecule has 0 spiro atoms. The van der Waals surface area contributed by atoms with Gasteiger partial charge in [0, 0.05) is 12.1 Å². The number of nitrogens with zero attached hydrogens (tertiary/aromatic N) is 2. The summed E-state index contributed by atoms with van der Waals surface area (Å²) < 4.78 is 20.6. The van der Waals surface area contributed by atoms with Gasteiger partial charge in [-0.25, -0.2) is 0 Å². The van der Waals surface area contributed by atoms with E-state index in [0.717, 1.165) is 37.2 Å². The van der Waals surface area contributed by atoms with Gasteiger partial charge in [0.2, 0.25) is 5.91 Å². The van der Waals surface area contributed by atoms with Crippen molar-refractivity contribution in [3.05, 3.63) is 58.6 Å². The zero-order valence-electron chi connectivity index (χ0n) is 22.6. The van der Waals surface area contributed by atoms with Gasteiger partial charge in [-0.1, -0.05) is 25.0 Å². The number of carbonyl (C=O) groups excluding carboxylic acids is 3. The van der Waals surface area contributed by atoms with Crippen molar-refractivity contribution in [2.75, 3.05) is 31.5 Å². The highest BCUT2D eigenvalue weighted by Gasteiger charge is 2.38. The molecule has 1 aromatic heterocycles. The van der Waals surface area contributed by atoms with Gasteiger partial charge >= 0.3 is 0 Å². The number of hydrogen-bond donors (Lipinski definition) is 3. The summed E-state index contributed by atoms with van der Waals surface area (Å²) in [6, 6.07) is 10.7. The second kappa shape index (κ2) is 12.7. The van der Waals surface area contributed by atoms with Crippen LogP contribution in [0, 0.1) is 0 Å². The van der Waals surface area contributed by atoms with Crippen LogP contribution in [0.25, 0.3) is 0 Å². The number of anilines is 2. The van der Waals surface area contributed by atoms with Gasteiger partial charge in [0.1, 0.15) is 28.2 Å². The van der Waals surface area contributed by atoms with Crippen LogP contribution in [0.5, 0.6) is 17.2 Å². The lowest BCUT2D eigenvalue weighted by molar-refractivity contribution is -0.123. The Morgan fingerprint density at radius 1 is 1.07 bits per heavy atom. The van der Waals surface area contributed by atoms with Gasteiger partial charge in [-0.2, -0.15) is 4.37 Å². The van der Waals surface area contributed by atoms with E-state index in [2.05, 4.69) is 9.69 Å². The van der Waals surface area contributed by atoms with E-state index in [1.54, 1.807) is 42.5 Å². The normalized spacial score (nSPS) is 13.9. The third kappa shape index (κ3) is 5.96. The lowest BCUT2D eigenvalue weighted by Crippen LogP contribution is -2.46. The maximum absolute atomic E-state index is 14.3. The lowest BCUT2D eigenvalue weighted by Gasteiger charge is -2.33. The number of nitrogen functional groups attached to an aromatic ring is 1. The molecule has 0 radical (unpaired) electrons. The summed E-state index contributed by atoms with van der Waals surface area (Å²) in [5, 5.41) is 3.12. The van der Waals surface area contributed by atoms with Gasteiger partial charge in [0.25, 0.3) is 11.8 Å². The summed E-state index contributed by atoms with van der Waals surface area (Å²) >= 11 is 0.739.